The Balaban J connectivity index is 2.59. The fourth-order valence-corrected chi connectivity index (χ4v) is 2.01. The van der Waals surface area contributed by atoms with Crippen molar-refractivity contribution in [2.45, 2.75) is 18.6 Å². The van der Waals surface area contributed by atoms with E-state index >= 15 is 0 Å². The standard InChI is InChI=1S/C11H10ClF3N2O/c12-6-10-16-8-5-7(11(13,14)15)1-2-9(8)17(10)3-4-18/h1-2,5,18H,3-4,6H2. The van der Waals surface area contributed by atoms with Gasteiger partial charge >= 0.3 is 6.18 Å². The Hall–Kier alpha value is -1.27. The number of rotatable bonds is 3. The number of nitrogens with zero attached hydrogens (tertiary/aromatic N) is 2. The van der Waals surface area contributed by atoms with Crippen molar-refractivity contribution in [3.05, 3.63) is 29.6 Å². The second-order valence-corrected chi connectivity index (χ2v) is 4.01. The molecular formula is C11H10ClF3N2O. The molecule has 0 atom stereocenters. The third-order valence-corrected chi connectivity index (χ3v) is 2.84. The van der Waals surface area contributed by atoms with Crippen LogP contribution in [0.5, 0.6) is 0 Å². The molecule has 0 amide bonds. The maximum atomic E-state index is 12.6. The molecule has 0 aliphatic carbocycles. The van der Waals surface area contributed by atoms with Crippen LogP contribution in [0.2, 0.25) is 0 Å². The SMILES string of the molecule is OCCn1c(CCl)nc2cc(C(F)(F)F)ccc21. The summed E-state index contributed by atoms with van der Waals surface area (Å²) < 4.78 is 39.3. The smallest absolute Gasteiger partial charge is 0.395 e. The fourth-order valence-electron chi connectivity index (χ4n) is 1.81. The number of hydrogen-bond acceptors (Lipinski definition) is 2. The second-order valence-electron chi connectivity index (χ2n) is 3.74. The molecule has 7 heteroatoms. The predicted molar refractivity (Wildman–Crippen MR) is 61.4 cm³/mol. The highest BCUT2D eigenvalue weighted by Gasteiger charge is 2.31. The number of aromatic nitrogens is 2. The molecule has 1 heterocycles. The van der Waals surface area contributed by atoms with Crippen LogP contribution in [0, 0.1) is 0 Å². The minimum absolute atomic E-state index is 0.0794. The van der Waals surface area contributed by atoms with Crippen molar-refractivity contribution in [3.63, 3.8) is 0 Å². The van der Waals surface area contributed by atoms with Crippen molar-refractivity contribution in [1.82, 2.24) is 9.55 Å². The monoisotopic (exact) mass is 278 g/mol. The summed E-state index contributed by atoms with van der Waals surface area (Å²) in [6.45, 7) is 0.125. The van der Waals surface area contributed by atoms with E-state index in [1.54, 1.807) is 4.57 Å². The molecule has 18 heavy (non-hydrogen) atoms. The average Bonchev–Trinajstić information content (AvgIpc) is 2.66. The van der Waals surface area contributed by atoms with Gasteiger partial charge in [-0.1, -0.05) is 0 Å². The number of imidazole rings is 1. The predicted octanol–water partition coefficient (Wildman–Crippen LogP) is 2.79. The first-order valence-electron chi connectivity index (χ1n) is 5.20. The number of hydrogen-bond donors (Lipinski definition) is 1. The molecule has 0 saturated carbocycles. The van der Waals surface area contributed by atoms with E-state index in [0.29, 0.717) is 11.3 Å². The van der Waals surface area contributed by atoms with Gasteiger partial charge in [0.15, 0.2) is 0 Å². The summed E-state index contributed by atoms with van der Waals surface area (Å²) in [5.41, 5.74) is 0.0198. The van der Waals surface area contributed by atoms with E-state index in [1.807, 2.05) is 0 Å². The Morgan fingerprint density at radius 3 is 2.61 bits per heavy atom. The number of fused-ring (bicyclic) bond motifs is 1. The highest BCUT2D eigenvalue weighted by Crippen LogP contribution is 2.31. The highest BCUT2D eigenvalue weighted by atomic mass is 35.5. The molecule has 0 aliphatic rings. The van der Waals surface area contributed by atoms with Gasteiger partial charge in [0.25, 0.3) is 0 Å². The summed E-state index contributed by atoms with van der Waals surface area (Å²) in [5, 5.41) is 8.93. The molecule has 0 saturated heterocycles. The van der Waals surface area contributed by atoms with E-state index in [2.05, 4.69) is 4.98 Å². The zero-order chi connectivity index (χ0) is 13.3. The van der Waals surface area contributed by atoms with Crippen LogP contribution in [0.3, 0.4) is 0 Å². The molecule has 2 aromatic rings. The Morgan fingerprint density at radius 1 is 1.33 bits per heavy atom. The Labute approximate surface area is 106 Å². The summed E-state index contributed by atoms with van der Waals surface area (Å²) in [6.07, 6.45) is -4.39. The second kappa shape index (κ2) is 4.78. The zero-order valence-electron chi connectivity index (χ0n) is 9.21. The van der Waals surface area contributed by atoms with E-state index < -0.39 is 11.7 Å². The van der Waals surface area contributed by atoms with Gasteiger partial charge in [0, 0.05) is 6.54 Å². The normalized spacial score (nSPS) is 12.3. The molecule has 0 aliphatic heterocycles. The quantitative estimate of drug-likeness (QED) is 0.877. The number of alkyl halides is 4. The molecular weight excluding hydrogens is 269 g/mol. The molecule has 0 fully saturated rings. The lowest BCUT2D eigenvalue weighted by atomic mass is 10.2. The molecule has 0 bridgehead atoms. The Morgan fingerprint density at radius 2 is 2.06 bits per heavy atom. The minimum atomic E-state index is -4.39. The zero-order valence-corrected chi connectivity index (χ0v) is 9.96. The van der Waals surface area contributed by atoms with Gasteiger partial charge in [-0.05, 0) is 18.2 Å². The fraction of sp³-hybridized carbons (Fsp3) is 0.364. The van der Waals surface area contributed by atoms with Crippen molar-refractivity contribution in [2.24, 2.45) is 0 Å². The van der Waals surface area contributed by atoms with Crippen LogP contribution in [0.1, 0.15) is 11.4 Å². The van der Waals surface area contributed by atoms with Crippen LogP contribution in [0.15, 0.2) is 18.2 Å². The summed E-state index contributed by atoms with van der Waals surface area (Å²) in [7, 11) is 0. The van der Waals surface area contributed by atoms with Gasteiger partial charge in [-0.2, -0.15) is 13.2 Å². The third-order valence-electron chi connectivity index (χ3n) is 2.60. The molecule has 98 valence electrons. The molecule has 1 N–H and O–H groups in total. The van der Waals surface area contributed by atoms with Gasteiger partial charge in [-0.3, -0.25) is 0 Å². The van der Waals surface area contributed by atoms with Gasteiger partial charge in [-0.15, -0.1) is 11.6 Å². The lowest BCUT2D eigenvalue weighted by molar-refractivity contribution is -0.137. The van der Waals surface area contributed by atoms with E-state index in [9.17, 15) is 13.2 Å². The van der Waals surface area contributed by atoms with Crippen LogP contribution >= 0.6 is 11.6 Å². The van der Waals surface area contributed by atoms with Crippen LogP contribution < -0.4 is 0 Å². The molecule has 1 aromatic carbocycles. The minimum Gasteiger partial charge on any atom is -0.395 e. The van der Waals surface area contributed by atoms with E-state index in [4.69, 9.17) is 16.7 Å². The summed E-state index contributed by atoms with van der Waals surface area (Å²) >= 11 is 5.68. The topological polar surface area (TPSA) is 38.0 Å². The summed E-state index contributed by atoms with van der Waals surface area (Å²) in [5.74, 6) is 0.524. The van der Waals surface area contributed by atoms with Gasteiger partial charge in [-0.25, -0.2) is 4.98 Å². The molecule has 1 aromatic heterocycles. The van der Waals surface area contributed by atoms with Crippen molar-refractivity contribution in [1.29, 1.82) is 0 Å². The van der Waals surface area contributed by atoms with Crippen LogP contribution in [0.4, 0.5) is 13.2 Å². The van der Waals surface area contributed by atoms with Crippen molar-refractivity contribution >= 4 is 22.6 Å². The third kappa shape index (κ3) is 2.30. The molecule has 0 spiro atoms. The van der Waals surface area contributed by atoms with Gasteiger partial charge < -0.3 is 9.67 Å². The number of aliphatic hydroxyl groups excluding tert-OH is 1. The number of benzene rings is 1. The Bertz CT molecular complexity index is 565. The van der Waals surface area contributed by atoms with Crippen molar-refractivity contribution < 1.29 is 18.3 Å². The van der Waals surface area contributed by atoms with Crippen LogP contribution in [-0.4, -0.2) is 21.3 Å². The average molecular weight is 279 g/mol. The number of aliphatic hydroxyl groups is 1. The molecule has 0 radical (unpaired) electrons. The lowest BCUT2D eigenvalue weighted by Gasteiger charge is -2.07. The maximum absolute atomic E-state index is 12.6. The first-order valence-corrected chi connectivity index (χ1v) is 5.74. The first kappa shape index (κ1) is 13.2. The van der Waals surface area contributed by atoms with Crippen LogP contribution in [0.25, 0.3) is 11.0 Å². The van der Waals surface area contributed by atoms with E-state index in [-0.39, 0.29) is 24.5 Å². The molecule has 3 nitrogen and oxygen atoms in total. The van der Waals surface area contributed by atoms with Crippen molar-refractivity contribution in [2.75, 3.05) is 6.61 Å². The number of halogens is 4. The van der Waals surface area contributed by atoms with E-state index in [0.717, 1.165) is 12.1 Å². The van der Waals surface area contributed by atoms with Gasteiger partial charge in [0.1, 0.15) is 5.82 Å². The van der Waals surface area contributed by atoms with Gasteiger partial charge in [0.05, 0.1) is 29.1 Å². The van der Waals surface area contributed by atoms with Gasteiger partial charge in [0.2, 0.25) is 0 Å². The van der Waals surface area contributed by atoms with E-state index in [1.165, 1.54) is 6.07 Å². The largest absolute Gasteiger partial charge is 0.416 e. The first-order chi connectivity index (χ1) is 8.47. The highest BCUT2D eigenvalue weighted by molar-refractivity contribution is 6.16. The molecule has 0 unspecified atom stereocenters. The molecule has 2 rings (SSSR count). The lowest BCUT2D eigenvalue weighted by Crippen LogP contribution is -2.06. The Kier molecular flexibility index (Phi) is 3.49. The summed E-state index contributed by atoms with van der Waals surface area (Å²) in [6, 6.07) is 3.33. The van der Waals surface area contributed by atoms with Crippen LogP contribution in [-0.2, 0) is 18.6 Å². The van der Waals surface area contributed by atoms with Crippen molar-refractivity contribution in [3.8, 4) is 0 Å². The summed E-state index contributed by atoms with van der Waals surface area (Å²) in [4.78, 5) is 4.04. The maximum Gasteiger partial charge on any atom is 0.416 e.